The van der Waals surface area contributed by atoms with Crippen molar-refractivity contribution in [2.45, 2.75) is 167 Å². The topological polar surface area (TPSA) is 138 Å². The molecule has 0 aliphatic carbocycles. The van der Waals surface area contributed by atoms with Crippen molar-refractivity contribution < 1.29 is 37.9 Å². The lowest BCUT2D eigenvalue weighted by Gasteiger charge is -2.19. The van der Waals surface area contributed by atoms with Crippen LogP contribution < -0.4 is 5.73 Å². The average molecular weight is 766 g/mol. The van der Waals surface area contributed by atoms with E-state index < -0.39 is 26.0 Å². The quantitative estimate of drug-likeness (QED) is 0.0140. The molecule has 0 fully saturated rings. The summed E-state index contributed by atoms with van der Waals surface area (Å²) in [6.45, 7) is 3.88. The predicted octanol–water partition coefficient (Wildman–Crippen LogP) is 11.3. The van der Waals surface area contributed by atoms with Gasteiger partial charge in [0, 0.05) is 13.0 Å². The molecule has 53 heavy (non-hydrogen) atoms. The van der Waals surface area contributed by atoms with Gasteiger partial charge in [0.15, 0.2) is 6.10 Å². The monoisotopic (exact) mass is 766 g/mol. The molecule has 0 aromatic rings. The number of carbonyl (C=O) groups excluding carboxylic acids is 1. The van der Waals surface area contributed by atoms with E-state index in [0.717, 1.165) is 38.5 Å². The van der Waals surface area contributed by atoms with E-state index in [1.807, 2.05) is 18.2 Å². The first-order chi connectivity index (χ1) is 25.8. The fraction of sp³-hybridized carbons (Fsp3) is 0.698. The number of unbranched alkanes of at least 4 members (excludes halogenated alkanes) is 14. The number of hydrogen-bond donors (Lipinski definition) is 3. The van der Waals surface area contributed by atoms with Gasteiger partial charge in [-0.15, -0.1) is 0 Å². The zero-order valence-corrected chi connectivity index (χ0v) is 34.2. The van der Waals surface area contributed by atoms with E-state index >= 15 is 0 Å². The molecule has 0 heterocycles. The SMILES string of the molecule is CC/C=C\C/C=C\C/C=C\C/C=C\C=C\C(O)CCCC(=O)O[C@H](CO/C=C/CCCCCCCCCCCCCCCC)COP(=O)(O)OCCN. The number of ether oxygens (including phenoxy) is 2. The molecule has 0 rings (SSSR count). The van der Waals surface area contributed by atoms with Crippen LogP contribution in [-0.2, 0) is 27.9 Å². The molecule has 0 spiro atoms. The highest BCUT2D eigenvalue weighted by Crippen LogP contribution is 2.43. The van der Waals surface area contributed by atoms with Gasteiger partial charge in [-0.3, -0.25) is 13.8 Å². The molecule has 0 amide bonds. The molecule has 2 unspecified atom stereocenters. The summed E-state index contributed by atoms with van der Waals surface area (Å²) in [5.41, 5.74) is 5.34. The normalized spacial score (nSPS) is 14.8. The molecule has 3 atom stereocenters. The van der Waals surface area contributed by atoms with Gasteiger partial charge >= 0.3 is 13.8 Å². The number of phosphoric ester groups is 1. The van der Waals surface area contributed by atoms with E-state index in [0.29, 0.717) is 12.8 Å². The first kappa shape index (κ1) is 50.7. The second-order valence-corrected chi connectivity index (χ2v) is 14.8. The molecule has 0 aromatic carbocycles. The van der Waals surface area contributed by atoms with Gasteiger partial charge in [0.25, 0.3) is 0 Å². The summed E-state index contributed by atoms with van der Waals surface area (Å²) in [5, 5.41) is 10.3. The average Bonchev–Trinajstić information content (AvgIpc) is 3.14. The van der Waals surface area contributed by atoms with Gasteiger partial charge in [0.05, 0.1) is 25.6 Å². The highest BCUT2D eigenvalue weighted by atomic mass is 31.2. The van der Waals surface area contributed by atoms with Crippen molar-refractivity contribution in [3.63, 3.8) is 0 Å². The fourth-order valence-electron chi connectivity index (χ4n) is 5.28. The number of aliphatic hydroxyl groups excluding tert-OH is 1. The minimum absolute atomic E-state index is 0.0436. The van der Waals surface area contributed by atoms with Crippen LogP contribution >= 0.6 is 7.82 Å². The minimum atomic E-state index is -4.35. The number of allylic oxidation sites excluding steroid dienone is 10. The Bertz CT molecular complexity index is 1050. The van der Waals surface area contributed by atoms with Crippen LogP contribution in [-0.4, -0.2) is 54.5 Å². The Kier molecular flexibility index (Phi) is 37.8. The zero-order valence-electron chi connectivity index (χ0n) is 33.3. The lowest BCUT2D eigenvalue weighted by atomic mass is 10.0. The van der Waals surface area contributed by atoms with Crippen molar-refractivity contribution in [1.82, 2.24) is 0 Å². The van der Waals surface area contributed by atoms with Crippen molar-refractivity contribution in [2.75, 3.05) is 26.4 Å². The summed E-state index contributed by atoms with van der Waals surface area (Å²) >= 11 is 0. The molecule has 0 saturated heterocycles. The Morgan fingerprint density at radius 3 is 1.85 bits per heavy atom. The summed E-state index contributed by atoms with van der Waals surface area (Å²) < 4.78 is 33.0. The van der Waals surface area contributed by atoms with E-state index in [4.69, 9.17) is 24.3 Å². The first-order valence-electron chi connectivity index (χ1n) is 20.6. The molecule has 9 nitrogen and oxygen atoms in total. The van der Waals surface area contributed by atoms with Crippen LogP contribution in [0.1, 0.15) is 155 Å². The highest BCUT2D eigenvalue weighted by molar-refractivity contribution is 7.47. The molecular formula is C43H76NO8P. The van der Waals surface area contributed by atoms with Crippen molar-refractivity contribution in [3.8, 4) is 0 Å². The Morgan fingerprint density at radius 2 is 1.26 bits per heavy atom. The predicted molar refractivity (Wildman–Crippen MR) is 220 cm³/mol. The van der Waals surface area contributed by atoms with Gasteiger partial charge in [-0.1, -0.05) is 158 Å². The maximum Gasteiger partial charge on any atom is 0.472 e. The van der Waals surface area contributed by atoms with E-state index in [2.05, 4.69) is 50.3 Å². The van der Waals surface area contributed by atoms with Crippen LogP contribution in [0.25, 0.3) is 0 Å². The molecule has 0 bridgehead atoms. The second kappa shape index (κ2) is 39.4. The van der Waals surface area contributed by atoms with Crippen LogP contribution in [0.2, 0.25) is 0 Å². The lowest BCUT2D eigenvalue weighted by molar-refractivity contribution is -0.153. The lowest BCUT2D eigenvalue weighted by Crippen LogP contribution is -2.28. The summed E-state index contributed by atoms with van der Waals surface area (Å²) in [5.74, 6) is -0.514. The van der Waals surface area contributed by atoms with Crippen LogP contribution in [0, 0.1) is 0 Å². The molecule has 10 heteroatoms. The Hall–Kier alpha value is -2.26. The van der Waals surface area contributed by atoms with Gasteiger partial charge in [-0.25, -0.2) is 4.57 Å². The van der Waals surface area contributed by atoms with Crippen molar-refractivity contribution in [2.24, 2.45) is 5.73 Å². The number of esters is 1. The third-order valence-electron chi connectivity index (χ3n) is 8.31. The third kappa shape index (κ3) is 39.3. The molecule has 0 aliphatic rings. The smallest absolute Gasteiger partial charge is 0.472 e. The molecule has 0 aliphatic heterocycles. The van der Waals surface area contributed by atoms with Crippen LogP contribution in [0.3, 0.4) is 0 Å². The molecular weight excluding hydrogens is 689 g/mol. The van der Waals surface area contributed by atoms with E-state index in [9.17, 15) is 19.4 Å². The van der Waals surface area contributed by atoms with Crippen LogP contribution in [0.15, 0.2) is 73.1 Å². The van der Waals surface area contributed by atoms with Crippen molar-refractivity contribution in [3.05, 3.63) is 73.1 Å². The zero-order chi connectivity index (χ0) is 38.9. The molecule has 0 saturated carbocycles. The highest BCUT2D eigenvalue weighted by Gasteiger charge is 2.25. The van der Waals surface area contributed by atoms with Crippen LogP contribution in [0.4, 0.5) is 0 Å². The van der Waals surface area contributed by atoms with Crippen molar-refractivity contribution >= 4 is 13.8 Å². The number of hydrogen-bond acceptors (Lipinski definition) is 8. The maximum atomic E-state index is 12.6. The fourth-order valence-corrected chi connectivity index (χ4v) is 6.05. The maximum absolute atomic E-state index is 12.6. The molecule has 0 aromatic heterocycles. The van der Waals surface area contributed by atoms with E-state index in [-0.39, 0.29) is 32.8 Å². The Morgan fingerprint density at radius 1 is 0.698 bits per heavy atom. The number of nitrogens with two attached hydrogens (primary N) is 1. The van der Waals surface area contributed by atoms with Gasteiger partial charge in [0.2, 0.25) is 0 Å². The second-order valence-electron chi connectivity index (χ2n) is 13.4. The van der Waals surface area contributed by atoms with E-state index in [1.165, 1.54) is 83.5 Å². The Labute approximate surface area is 323 Å². The van der Waals surface area contributed by atoms with Gasteiger partial charge < -0.3 is 25.2 Å². The summed E-state index contributed by atoms with van der Waals surface area (Å²) in [6, 6.07) is 0. The molecule has 0 radical (unpaired) electrons. The molecule has 4 N–H and O–H groups in total. The summed E-state index contributed by atoms with van der Waals surface area (Å²) in [4.78, 5) is 22.4. The summed E-state index contributed by atoms with van der Waals surface area (Å²) in [7, 11) is -4.35. The van der Waals surface area contributed by atoms with Gasteiger partial charge in [0.1, 0.15) is 6.61 Å². The van der Waals surface area contributed by atoms with Gasteiger partial charge in [-0.05, 0) is 57.4 Å². The minimum Gasteiger partial charge on any atom is -0.498 e. The number of aliphatic hydroxyl groups is 1. The number of phosphoric acid groups is 1. The summed E-state index contributed by atoms with van der Waals surface area (Å²) in [6.07, 6.45) is 46.1. The number of carbonyl (C=O) groups is 1. The van der Waals surface area contributed by atoms with Gasteiger partial charge in [-0.2, -0.15) is 0 Å². The number of rotatable bonds is 38. The van der Waals surface area contributed by atoms with Crippen molar-refractivity contribution in [1.29, 1.82) is 0 Å². The molecule has 306 valence electrons. The first-order valence-corrected chi connectivity index (χ1v) is 22.1. The standard InChI is InChI=1S/C43H76NO8P/c1-3-5-7-9-11-13-15-17-18-19-21-23-25-27-29-31-37-49-39-42(40-51-53(47,48)50-38-36-44)52-43(46)35-32-34-41(45)33-30-28-26-24-22-20-16-14-12-10-8-6-4-2/h6,8,12,14,20,22,26,28,30-31,33,37,41-42,45H,3-5,7,9-11,13,15-19,21,23-25,27,29,32,34-36,38-40,44H2,1-2H3,(H,47,48)/b8-6-,14-12-,22-20-,28-26-,33-30+,37-31+/t41?,42-/m1/s1. The van der Waals surface area contributed by atoms with E-state index in [1.54, 1.807) is 18.4 Å². The Balaban J connectivity index is 4.33. The van der Waals surface area contributed by atoms with Crippen LogP contribution in [0.5, 0.6) is 0 Å². The largest absolute Gasteiger partial charge is 0.498 e. The third-order valence-corrected chi connectivity index (χ3v) is 9.29.